The van der Waals surface area contributed by atoms with Crippen molar-refractivity contribution in [2.45, 2.75) is 91.3 Å². The van der Waals surface area contributed by atoms with Gasteiger partial charge in [-0.15, -0.1) is 0 Å². The molecule has 0 bridgehead atoms. The van der Waals surface area contributed by atoms with Gasteiger partial charge in [0.25, 0.3) is 11.8 Å². The van der Waals surface area contributed by atoms with E-state index in [-0.39, 0.29) is 53.5 Å². The molecule has 0 aromatic heterocycles. The maximum absolute atomic E-state index is 14.3. The van der Waals surface area contributed by atoms with E-state index in [1.165, 1.54) is 11.1 Å². The van der Waals surface area contributed by atoms with Crippen LogP contribution in [0.15, 0.2) is 42.5 Å². The first-order valence-corrected chi connectivity index (χ1v) is 18.4. The van der Waals surface area contributed by atoms with Gasteiger partial charge in [-0.3, -0.25) is 14.4 Å². The third-order valence-electron chi connectivity index (χ3n) is 10.3. The molecule has 5 rings (SSSR count). The van der Waals surface area contributed by atoms with Gasteiger partial charge in [0.15, 0.2) is 6.10 Å². The summed E-state index contributed by atoms with van der Waals surface area (Å²) in [6, 6.07) is 14.0. The summed E-state index contributed by atoms with van der Waals surface area (Å²) < 4.78 is 17.2. The number of carbonyl (C=O) groups excluding carboxylic acids is 3. The lowest BCUT2D eigenvalue weighted by atomic mass is 9.93. The molecule has 9 heteroatoms. The van der Waals surface area contributed by atoms with Crippen LogP contribution in [0.1, 0.15) is 80.4 Å². The van der Waals surface area contributed by atoms with Crippen molar-refractivity contribution in [1.29, 1.82) is 0 Å². The maximum atomic E-state index is 14.3. The zero-order valence-electron chi connectivity index (χ0n) is 30.4. The second-order valence-corrected chi connectivity index (χ2v) is 15.1. The zero-order chi connectivity index (χ0) is 35.1. The molecule has 9 nitrogen and oxygen atoms in total. The second-order valence-electron chi connectivity index (χ2n) is 15.1. The molecule has 2 aromatic carbocycles. The van der Waals surface area contributed by atoms with Crippen LogP contribution in [0.4, 0.5) is 0 Å². The van der Waals surface area contributed by atoms with Crippen molar-refractivity contribution in [2.24, 2.45) is 23.7 Å². The average Bonchev–Trinajstić information content (AvgIpc) is 3.66. The highest BCUT2D eigenvalue weighted by molar-refractivity contribution is 5.95. The van der Waals surface area contributed by atoms with E-state index in [1.807, 2.05) is 47.1 Å². The molecule has 1 aliphatic heterocycles. The Morgan fingerprint density at radius 3 is 2.20 bits per heavy atom. The zero-order valence-corrected chi connectivity index (χ0v) is 30.4. The summed E-state index contributed by atoms with van der Waals surface area (Å²) in [7, 11) is 1.67. The molecule has 268 valence electrons. The van der Waals surface area contributed by atoms with Gasteiger partial charge in [0.2, 0.25) is 0 Å². The Labute approximate surface area is 293 Å². The third kappa shape index (κ3) is 9.63. The third-order valence-corrected chi connectivity index (χ3v) is 10.3. The standard InChI is InChI=1S/C40H57N3O6/c1-26(2)18-37(49-40(46)32-19-29-10-7-8-11-30(29)20-32)39(45)43(35-14-15-35)25-34-23-41-22-33(34)24-42(27(3)4)38(44)31-13-12-28(5)36(21-31)48-17-9-16-47-6/h7-8,10-13,21,26-27,32-35,37,41H,9,14-20,22-25H2,1-6H3/t33-,34-,37-/m0/s1. The van der Waals surface area contributed by atoms with Crippen molar-refractivity contribution in [3.8, 4) is 5.75 Å². The summed E-state index contributed by atoms with van der Waals surface area (Å²) in [5.74, 6) is 0.679. The molecule has 0 unspecified atom stereocenters. The molecule has 2 fully saturated rings. The molecule has 1 saturated carbocycles. The number of carbonyl (C=O) groups is 3. The molecule has 1 saturated heterocycles. The number of fused-ring (bicyclic) bond motifs is 1. The fraction of sp³-hybridized carbons (Fsp3) is 0.625. The smallest absolute Gasteiger partial charge is 0.310 e. The van der Waals surface area contributed by atoms with Crippen molar-refractivity contribution >= 4 is 17.8 Å². The van der Waals surface area contributed by atoms with Crippen molar-refractivity contribution in [2.75, 3.05) is 46.5 Å². The van der Waals surface area contributed by atoms with E-state index in [0.717, 1.165) is 43.7 Å². The summed E-state index contributed by atoms with van der Waals surface area (Å²) in [5.41, 5.74) is 3.99. The van der Waals surface area contributed by atoms with Gasteiger partial charge in [-0.25, -0.2) is 0 Å². The Kier molecular flexibility index (Phi) is 12.8. The van der Waals surface area contributed by atoms with E-state index in [9.17, 15) is 14.4 Å². The number of ether oxygens (including phenoxy) is 3. The van der Waals surface area contributed by atoms with E-state index in [1.54, 1.807) is 7.11 Å². The number of nitrogens with zero attached hydrogens (tertiary/aromatic N) is 2. The molecule has 2 amide bonds. The second kappa shape index (κ2) is 17.0. The lowest BCUT2D eigenvalue weighted by Crippen LogP contribution is -2.48. The largest absolute Gasteiger partial charge is 0.493 e. The minimum absolute atomic E-state index is 0.00106. The van der Waals surface area contributed by atoms with Crippen molar-refractivity contribution < 1.29 is 28.6 Å². The number of hydrogen-bond donors (Lipinski definition) is 1. The van der Waals surface area contributed by atoms with Gasteiger partial charge in [-0.05, 0) is 99.5 Å². The summed E-state index contributed by atoms with van der Waals surface area (Å²) in [4.78, 5) is 45.6. The van der Waals surface area contributed by atoms with Gasteiger partial charge >= 0.3 is 5.97 Å². The van der Waals surface area contributed by atoms with Crippen LogP contribution >= 0.6 is 0 Å². The molecular weight excluding hydrogens is 618 g/mol. The minimum atomic E-state index is -0.786. The number of methoxy groups -OCH3 is 1. The van der Waals surface area contributed by atoms with Crippen LogP contribution in [0.3, 0.4) is 0 Å². The molecule has 2 aliphatic carbocycles. The molecule has 3 atom stereocenters. The van der Waals surface area contributed by atoms with E-state index >= 15 is 0 Å². The summed E-state index contributed by atoms with van der Waals surface area (Å²) in [5, 5.41) is 3.55. The fourth-order valence-electron chi connectivity index (χ4n) is 7.27. The Balaban J connectivity index is 1.25. The summed E-state index contributed by atoms with van der Waals surface area (Å²) in [6.07, 6.45) is 3.76. The summed E-state index contributed by atoms with van der Waals surface area (Å²) >= 11 is 0. The van der Waals surface area contributed by atoms with E-state index < -0.39 is 6.10 Å². The lowest BCUT2D eigenvalue weighted by Gasteiger charge is -2.35. The van der Waals surface area contributed by atoms with Crippen LogP contribution in [0.2, 0.25) is 0 Å². The monoisotopic (exact) mass is 675 g/mol. The van der Waals surface area contributed by atoms with Crippen molar-refractivity contribution in [3.05, 3.63) is 64.7 Å². The number of hydrogen-bond acceptors (Lipinski definition) is 7. The Morgan fingerprint density at radius 2 is 1.59 bits per heavy atom. The molecular formula is C40H57N3O6. The molecule has 1 heterocycles. The Morgan fingerprint density at radius 1 is 0.918 bits per heavy atom. The first kappa shape index (κ1) is 36.8. The van der Waals surface area contributed by atoms with Crippen LogP contribution < -0.4 is 10.1 Å². The van der Waals surface area contributed by atoms with Gasteiger partial charge in [-0.2, -0.15) is 0 Å². The highest BCUT2D eigenvalue weighted by Gasteiger charge is 2.42. The molecule has 3 aliphatic rings. The SMILES string of the molecule is COCCCOc1cc(C(=O)N(C[C@@H]2CNC[C@H]2CN(C(=O)[C@H](CC(C)C)OC(=O)C2Cc3ccccc3C2)C2CC2)C(C)C)ccc1C. The normalized spacial score (nSPS) is 19.6. The van der Waals surface area contributed by atoms with E-state index in [4.69, 9.17) is 14.2 Å². The van der Waals surface area contributed by atoms with Crippen molar-refractivity contribution in [1.82, 2.24) is 15.1 Å². The van der Waals surface area contributed by atoms with E-state index in [2.05, 4.69) is 45.1 Å². The number of esters is 1. The number of benzene rings is 2. The van der Waals surface area contributed by atoms with Crippen LogP contribution in [-0.2, 0) is 31.9 Å². The van der Waals surface area contributed by atoms with Crippen LogP contribution in [0, 0.1) is 30.6 Å². The predicted molar refractivity (Wildman–Crippen MR) is 191 cm³/mol. The van der Waals surface area contributed by atoms with Crippen LogP contribution in [-0.4, -0.2) is 92.3 Å². The van der Waals surface area contributed by atoms with E-state index in [0.29, 0.717) is 51.1 Å². The first-order chi connectivity index (χ1) is 23.5. The van der Waals surface area contributed by atoms with Crippen LogP contribution in [0.25, 0.3) is 0 Å². The summed E-state index contributed by atoms with van der Waals surface area (Å²) in [6.45, 7) is 14.1. The Bertz CT molecular complexity index is 1410. The number of aryl methyl sites for hydroxylation is 1. The van der Waals surface area contributed by atoms with Gasteiger partial charge in [-0.1, -0.05) is 44.2 Å². The lowest BCUT2D eigenvalue weighted by molar-refractivity contribution is -0.165. The van der Waals surface area contributed by atoms with Gasteiger partial charge in [0, 0.05) is 64.0 Å². The van der Waals surface area contributed by atoms with Gasteiger partial charge in [0.05, 0.1) is 12.5 Å². The average molecular weight is 676 g/mol. The topological polar surface area (TPSA) is 97.4 Å². The predicted octanol–water partition coefficient (Wildman–Crippen LogP) is 5.46. The quantitative estimate of drug-likeness (QED) is 0.176. The van der Waals surface area contributed by atoms with Crippen molar-refractivity contribution in [3.63, 3.8) is 0 Å². The highest BCUT2D eigenvalue weighted by atomic mass is 16.5. The number of nitrogens with one attached hydrogen (secondary N) is 1. The fourth-order valence-corrected chi connectivity index (χ4v) is 7.27. The van der Waals surface area contributed by atoms with Gasteiger partial charge < -0.3 is 29.3 Å². The molecule has 0 spiro atoms. The highest BCUT2D eigenvalue weighted by Crippen LogP contribution is 2.33. The maximum Gasteiger partial charge on any atom is 0.310 e. The molecule has 2 aromatic rings. The number of rotatable bonds is 17. The first-order valence-electron chi connectivity index (χ1n) is 18.4. The van der Waals surface area contributed by atoms with Gasteiger partial charge in [0.1, 0.15) is 5.75 Å². The molecule has 0 radical (unpaired) electrons. The molecule has 1 N–H and O–H groups in total. The molecule has 49 heavy (non-hydrogen) atoms. The Hall–Kier alpha value is -3.43. The van der Waals surface area contributed by atoms with Crippen LogP contribution in [0.5, 0.6) is 5.75 Å². The minimum Gasteiger partial charge on any atom is -0.493 e. The number of amides is 2.